The zero-order chi connectivity index (χ0) is 13.7. The maximum absolute atomic E-state index is 11.7. The van der Waals surface area contributed by atoms with Gasteiger partial charge in [-0.1, -0.05) is 12.1 Å². The first-order chi connectivity index (χ1) is 9.18. The maximum atomic E-state index is 11.7. The van der Waals surface area contributed by atoms with Crippen LogP contribution in [0.5, 0.6) is 5.75 Å². The van der Waals surface area contributed by atoms with Gasteiger partial charge in [0.2, 0.25) is 0 Å². The van der Waals surface area contributed by atoms with E-state index in [0.29, 0.717) is 37.5 Å². The van der Waals surface area contributed by atoms with E-state index in [-0.39, 0.29) is 0 Å². The fraction of sp³-hybridized carbons (Fsp3) is 0.500. The zero-order valence-corrected chi connectivity index (χ0v) is 11.0. The standard InChI is InChI=1S/C14H19NO4/c1-18-12-6-3-2-5-11(12)15-14(13(16)17)7-4-9-19-10-8-14/h2-3,5-6,15H,4,7-10H2,1H3,(H,16,17). The summed E-state index contributed by atoms with van der Waals surface area (Å²) in [5, 5.41) is 12.7. The molecule has 0 amide bonds. The Kier molecular flexibility index (Phi) is 4.27. The number of anilines is 1. The van der Waals surface area contributed by atoms with E-state index in [1.54, 1.807) is 7.11 Å². The fourth-order valence-electron chi connectivity index (χ4n) is 2.35. The molecule has 2 N–H and O–H groups in total. The predicted molar refractivity (Wildman–Crippen MR) is 71.7 cm³/mol. The van der Waals surface area contributed by atoms with E-state index in [4.69, 9.17) is 9.47 Å². The van der Waals surface area contributed by atoms with Crippen molar-refractivity contribution in [2.24, 2.45) is 0 Å². The van der Waals surface area contributed by atoms with Crippen molar-refractivity contribution in [2.75, 3.05) is 25.6 Å². The second-order valence-electron chi connectivity index (χ2n) is 4.68. The molecule has 5 nitrogen and oxygen atoms in total. The summed E-state index contributed by atoms with van der Waals surface area (Å²) < 4.78 is 10.6. The molecule has 1 aliphatic rings. The van der Waals surface area contributed by atoms with Gasteiger partial charge in [0.1, 0.15) is 11.3 Å². The van der Waals surface area contributed by atoms with Gasteiger partial charge < -0.3 is 19.9 Å². The summed E-state index contributed by atoms with van der Waals surface area (Å²) >= 11 is 0. The Labute approximate surface area is 112 Å². The number of carboxylic acids is 1. The van der Waals surface area contributed by atoms with E-state index in [1.165, 1.54) is 0 Å². The summed E-state index contributed by atoms with van der Waals surface area (Å²) in [5.41, 5.74) is -0.278. The molecule has 0 radical (unpaired) electrons. The van der Waals surface area contributed by atoms with Crippen LogP contribution in [0.3, 0.4) is 0 Å². The van der Waals surface area contributed by atoms with Crippen LogP contribution in [0, 0.1) is 0 Å². The number of para-hydroxylation sites is 2. The number of carboxylic acid groups (broad SMARTS) is 1. The van der Waals surface area contributed by atoms with Gasteiger partial charge >= 0.3 is 5.97 Å². The fourth-order valence-corrected chi connectivity index (χ4v) is 2.35. The van der Waals surface area contributed by atoms with Crippen molar-refractivity contribution in [2.45, 2.75) is 24.8 Å². The van der Waals surface area contributed by atoms with Crippen LogP contribution in [0.25, 0.3) is 0 Å². The van der Waals surface area contributed by atoms with Crippen LogP contribution >= 0.6 is 0 Å². The molecule has 0 spiro atoms. The highest BCUT2D eigenvalue weighted by Gasteiger charge is 2.39. The molecule has 0 saturated carbocycles. The van der Waals surface area contributed by atoms with Crippen LogP contribution in [0.15, 0.2) is 24.3 Å². The third-order valence-corrected chi connectivity index (χ3v) is 3.46. The number of hydrogen-bond acceptors (Lipinski definition) is 4. The van der Waals surface area contributed by atoms with Gasteiger partial charge in [-0.2, -0.15) is 0 Å². The number of nitrogens with one attached hydrogen (secondary N) is 1. The molecule has 1 saturated heterocycles. The van der Waals surface area contributed by atoms with E-state index in [9.17, 15) is 9.90 Å². The van der Waals surface area contributed by atoms with Gasteiger partial charge in [-0.25, -0.2) is 4.79 Å². The van der Waals surface area contributed by atoms with Crippen LogP contribution in [0.4, 0.5) is 5.69 Å². The number of aliphatic carboxylic acids is 1. The monoisotopic (exact) mass is 265 g/mol. The number of methoxy groups -OCH3 is 1. The molecule has 1 aliphatic heterocycles. The third-order valence-electron chi connectivity index (χ3n) is 3.46. The first-order valence-corrected chi connectivity index (χ1v) is 6.40. The molecule has 1 unspecified atom stereocenters. The number of hydrogen-bond donors (Lipinski definition) is 2. The summed E-state index contributed by atoms with van der Waals surface area (Å²) in [6.07, 6.45) is 1.72. The minimum Gasteiger partial charge on any atom is -0.495 e. The Bertz CT molecular complexity index is 439. The minimum atomic E-state index is -0.981. The van der Waals surface area contributed by atoms with Crippen molar-refractivity contribution in [3.05, 3.63) is 24.3 Å². The minimum absolute atomic E-state index is 0.445. The summed E-state index contributed by atoms with van der Waals surface area (Å²) in [4.78, 5) is 11.7. The first kappa shape index (κ1) is 13.7. The molecule has 0 aliphatic carbocycles. The molecule has 1 fully saturated rings. The molecule has 19 heavy (non-hydrogen) atoms. The first-order valence-electron chi connectivity index (χ1n) is 6.40. The second kappa shape index (κ2) is 5.93. The van der Waals surface area contributed by atoms with Gasteiger partial charge in [-0.15, -0.1) is 0 Å². The number of rotatable bonds is 4. The molecule has 1 aromatic carbocycles. The van der Waals surface area contributed by atoms with Crippen LogP contribution < -0.4 is 10.1 Å². The Morgan fingerprint density at radius 1 is 1.37 bits per heavy atom. The average molecular weight is 265 g/mol. The lowest BCUT2D eigenvalue weighted by molar-refractivity contribution is -0.142. The van der Waals surface area contributed by atoms with Gasteiger partial charge in [-0.3, -0.25) is 0 Å². The van der Waals surface area contributed by atoms with Gasteiger partial charge in [0.25, 0.3) is 0 Å². The normalized spacial score (nSPS) is 23.4. The zero-order valence-electron chi connectivity index (χ0n) is 11.0. The van der Waals surface area contributed by atoms with E-state index in [0.717, 1.165) is 6.42 Å². The van der Waals surface area contributed by atoms with E-state index >= 15 is 0 Å². The quantitative estimate of drug-likeness (QED) is 0.873. The van der Waals surface area contributed by atoms with Crippen LogP contribution in [-0.2, 0) is 9.53 Å². The predicted octanol–water partition coefficient (Wildman–Crippen LogP) is 2.13. The lowest BCUT2D eigenvalue weighted by Gasteiger charge is -2.30. The highest BCUT2D eigenvalue weighted by molar-refractivity contribution is 5.83. The van der Waals surface area contributed by atoms with Gasteiger partial charge in [0.15, 0.2) is 0 Å². The van der Waals surface area contributed by atoms with Crippen LogP contribution in [0.1, 0.15) is 19.3 Å². The smallest absolute Gasteiger partial charge is 0.329 e. The number of benzene rings is 1. The number of carbonyl (C=O) groups is 1. The molecule has 0 aromatic heterocycles. The molecule has 0 bridgehead atoms. The molecule has 5 heteroatoms. The van der Waals surface area contributed by atoms with Crippen molar-refractivity contribution in [1.82, 2.24) is 0 Å². The average Bonchev–Trinajstić information content (AvgIpc) is 2.66. The number of ether oxygens (including phenoxy) is 2. The molecular formula is C14H19NO4. The molecule has 104 valence electrons. The lowest BCUT2D eigenvalue weighted by atomic mass is 9.90. The highest BCUT2D eigenvalue weighted by atomic mass is 16.5. The van der Waals surface area contributed by atoms with Gasteiger partial charge in [0.05, 0.1) is 12.8 Å². The van der Waals surface area contributed by atoms with Crippen LogP contribution in [0.2, 0.25) is 0 Å². The highest BCUT2D eigenvalue weighted by Crippen LogP contribution is 2.31. The van der Waals surface area contributed by atoms with Gasteiger partial charge in [-0.05, 0) is 25.0 Å². The summed E-state index contributed by atoms with van der Waals surface area (Å²) in [6.45, 7) is 1.07. The van der Waals surface area contributed by atoms with Crippen molar-refractivity contribution >= 4 is 11.7 Å². The van der Waals surface area contributed by atoms with Crippen molar-refractivity contribution in [1.29, 1.82) is 0 Å². The summed E-state index contributed by atoms with van der Waals surface area (Å²) in [5.74, 6) is -0.197. The third kappa shape index (κ3) is 2.98. The topological polar surface area (TPSA) is 67.8 Å². The Morgan fingerprint density at radius 2 is 2.16 bits per heavy atom. The van der Waals surface area contributed by atoms with Crippen molar-refractivity contribution in [3.8, 4) is 5.75 Å². The Balaban J connectivity index is 2.27. The SMILES string of the molecule is COc1ccccc1NC1(C(=O)O)CCCOCC1. The molecule has 2 rings (SSSR count). The second-order valence-corrected chi connectivity index (χ2v) is 4.68. The molecular weight excluding hydrogens is 246 g/mol. The summed E-state index contributed by atoms with van der Waals surface area (Å²) in [7, 11) is 1.57. The van der Waals surface area contributed by atoms with E-state index in [2.05, 4.69) is 5.32 Å². The molecule has 1 heterocycles. The van der Waals surface area contributed by atoms with E-state index < -0.39 is 11.5 Å². The van der Waals surface area contributed by atoms with Crippen LogP contribution in [-0.4, -0.2) is 36.9 Å². The molecule has 1 atom stereocenters. The summed E-state index contributed by atoms with van der Waals surface area (Å²) in [6, 6.07) is 7.35. The largest absolute Gasteiger partial charge is 0.495 e. The Hall–Kier alpha value is -1.75. The van der Waals surface area contributed by atoms with Crippen molar-refractivity contribution < 1.29 is 19.4 Å². The van der Waals surface area contributed by atoms with Crippen molar-refractivity contribution in [3.63, 3.8) is 0 Å². The lowest BCUT2D eigenvalue weighted by Crippen LogP contribution is -2.46. The van der Waals surface area contributed by atoms with E-state index in [1.807, 2.05) is 24.3 Å². The Morgan fingerprint density at radius 3 is 2.89 bits per heavy atom. The van der Waals surface area contributed by atoms with Gasteiger partial charge in [0, 0.05) is 19.6 Å². The maximum Gasteiger partial charge on any atom is 0.329 e. The molecule has 1 aromatic rings.